The molecular formula is C22H20N6O3. The van der Waals surface area contributed by atoms with Crippen molar-refractivity contribution in [2.24, 2.45) is 0 Å². The highest BCUT2D eigenvalue weighted by atomic mass is 16.5. The number of anilines is 2. The normalized spacial score (nSPS) is 10.4. The van der Waals surface area contributed by atoms with E-state index in [1.54, 1.807) is 77.9 Å². The van der Waals surface area contributed by atoms with E-state index < -0.39 is 0 Å². The van der Waals surface area contributed by atoms with Crippen molar-refractivity contribution in [3.8, 4) is 23.2 Å². The summed E-state index contributed by atoms with van der Waals surface area (Å²) in [6.45, 7) is 2.51. The maximum absolute atomic E-state index is 12.2. The second-order valence-electron chi connectivity index (χ2n) is 6.35. The van der Waals surface area contributed by atoms with Crippen molar-refractivity contribution < 1.29 is 14.3 Å². The van der Waals surface area contributed by atoms with Crippen molar-refractivity contribution in [3.63, 3.8) is 0 Å². The fourth-order valence-corrected chi connectivity index (χ4v) is 2.74. The van der Waals surface area contributed by atoms with Crippen LogP contribution in [0.5, 0.6) is 17.4 Å². The maximum atomic E-state index is 12.2. The van der Waals surface area contributed by atoms with Gasteiger partial charge in [0.2, 0.25) is 5.88 Å². The van der Waals surface area contributed by atoms with Crippen LogP contribution in [0.2, 0.25) is 0 Å². The third-order valence-corrected chi connectivity index (χ3v) is 4.15. The average molecular weight is 416 g/mol. The minimum absolute atomic E-state index is 0.349. The van der Waals surface area contributed by atoms with Crippen LogP contribution in [-0.2, 0) is 0 Å². The third kappa shape index (κ3) is 5.36. The second kappa shape index (κ2) is 9.40. The minimum Gasteiger partial charge on any atom is -0.494 e. The molecular weight excluding hydrogens is 396 g/mol. The molecule has 0 aliphatic heterocycles. The Hall–Kier alpha value is -4.40. The molecule has 2 N–H and O–H groups in total. The molecule has 9 nitrogen and oxygen atoms in total. The molecule has 156 valence electrons. The fraction of sp³-hybridized carbons (Fsp3) is 0.0909. The summed E-state index contributed by atoms with van der Waals surface area (Å²) in [6.07, 6.45) is 6.52. The van der Waals surface area contributed by atoms with Crippen LogP contribution in [-0.4, -0.2) is 32.2 Å². The molecule has 0 saturated carbocycles. The summed E-state index contributed by atoms with van der Waals surface area (Å²) in [4.78, 5) is 24.5. The van der Waals surface area contributed by atoms with Crippen molar-refractivity contribution in [1.82, 2.24) is 19.5 Å². The zero-order chi connectivity index (χ0) is 21.5. The van der Waals surface area contributed by atoms with Crippen LogP contribution in [0, 0.1) is 0 Å². The maximum Gasteiger partial charge on any atom is 0.323 e. The summed E-state index contributed by atoms with van der Waals surface area (Å²) in [5.74, 6) is 2.37. The molecule has 0 atom stereocenters. The molecule has 2 heterocycles. The number of hydrogen-bond donors (Lipinski definition) is 2. The largest absolute Gasteiger partial charge is 0.494 e. The van der Waals surface area contributed by atoms with E-state index in [1.165, 1.54) is 6.33 Å². The van der Waals surface area contributed by atoms with Gasteiger partial charge in [0.25, 0.3) is 0 Å². The van der Waals surface area contributed by atoms with E-state index in [2.05, 4.69) is 25.6 Å². The number of hydrogen-bond acceptors (Lipinski definition) is 6. The quantitative estimate of drug-likeness (QED) is 0.460. The van der Waals surface area contributed by atoms with E-state index >= 15 is 0 Å². The van der Waals surface area contributed by atoms with Crippen LogP contribution in [0.1, 0.15) is 6.92 Å². The molecule has 2 aromatic carbocycles. The van der Waals surface area contributed by atoms with Gasteiger partial charge in [0, 0.05) is 29.8 Å². The van der Waals surface area contributed by atoms with Gasteiger partial charge in [-0.05, 0) is 55.5 Å². The van der Waals surface area contributed by atoms with Gasteiger partial charge in [0.15, 0.2) is 0 Å². The number of benzene rings is 2. The topological polar surface area (TPSA) is 103 Å². The Morgan fingerprint density at radius 3 is 2.26 bits per heavy atom. The molecule has 0 fully saturated rings. The van der Waals surface area contributed by atoms with E-state index in [9.17, 15) is 4.79 Å². The van der Waals surface area contributed by atoms with Crippen molar-refractivity contribution in [2.75, 3.05) is 17.2 Å². The van der Waals surface area contributed by atoms with Crippen molar-refractivity contribution in [1.29, 1.82) is 0 Å². The highest BCUT2D eigenvalue weighted by molar-refractivity contribution is 5.99. The van der Waals surface area contributed by atoms with Gasteiger partial charge < -0.3 is 20.1 Å². The Balaban J connectivity index is 1.34. The van der Waals surface area contributed by atoms with Crippen LogP contribution >= 0.6 is 0 Å². The Bertz CT molecular complexity index is 1130. The second-order valence-corrected chi connectivity index (χ2v) is 6.35. The van der Waals surface area contributed by atoms with Gasteiger partial charge in [-0.15, -0.1) is 0 Å². The first kappa shape index (κ1) is 19.9. The molecule has 2 amide bonds. The van der Waals surface area contributed by atoms with E-state index in [1.807, 2.05) is 6.92 Å². The summed E-state index contributed by atoms with van der Waals surface area (Å²) in [5.41, 5.74) is 1.29. The highest BCUT2D eigenvalue weighted by Gasteiger charge is 2.06. The number of imidazole rings is 1. The van der Waals surface area contributed by atoms with Gasteiger partial charge in [-0.25, -0.2) is 19.7 Å². The van der Waals surface area contributed by atoms with Crippen molar-refractivity contribution in [3.05, 3.63) is 79.6 Å². The van der Waals surface area contributed by atoms with Crippen LogP contribution in [0.3, 0.4) is 0 Å². The monoisotopic (exact) mass is 416 g/mol. The minimum atomic E-state index is -0.349. The van der Waals surface area contributed by atoms with E-state index in [0.717, 1.165) is 5.75 Å². The lowest BCUT2D eigenvalue weighted by Crippen LogP contribution is -2.19. The van der Waals surface area contributed by atoms with Gasteiger partial charge in [0.05, 0.1) is 6.61 Å². The van der Waals surface area contributed by atoms with Crippen molar-refractivity contribution in [2.45, 2.75) is 6.92 Å². The Kier molecular flexibility index (Phi) is 6.03. The molecule has 2 aromatic heterocycles. The van der Waals surface area contributed by atoms with E-state index in [4.69, 9.17) is 9.47 Å². The number of carbonyl (C=O) groups excluding carboxylic acids is 1. The lowest BCUT2D eigenvalue weighted by Gasteiger charge is -2.10. The predicted molar refractivity (Wildman–Crippen MR) is 116 cm³/mol. The van der Waals surface area contributed by atoms with Crippen LogP contribution in [0.25, 0.3) is 5.82 Å². The smallest absolute Gasteiger partial charge is 0.323 e. The molecule has 0 unspecified atom stereocenters. The van der Waals surface area contributed by atoms with E-state index in [0.29, 0.717) is 35.4 Å². The Morgan fingerprint density at radius 2 is 1.65 bits per heavy atom. The first-order chi connectivity index (χ1) is 15.2. The summed E-state index contributed by atoms with van der Waals surface area (Å²) in [5, 5.41) is 5.55. The third-order valence-electron chi connectivity index (χ3n) is 4.15. The summed E-state index contributed by atoms with van der Waals surface area (Å²) < 4.78 is 12.9. The van der Waals surface area contributed by atoms with Crippen molar-refractivity contribution >= 4 is 17.4 Å². The average Bonchev–Trinajstić information content (AvgIpc) is 3.32. The molecule has 31 heavy (non-hydrogen) atoms. The Labute approximate surface area is 178 Å². The van der Waals surface area contributed by atoms with Crippen LogP contribution in [0.4, 0.5) is 16.2 Å². The molecule has 0 saturated heterocycles. The van der Waals surface area contributed by atoms with Gasteiger partial charge in [-0.1, -0.05) is 0 Å². The highest BCUT2D eigenvalue weighted by Crippen LogP contribution is 2.22. The van der Waals surface area contributed by atoms with Gasteiger partial charge in [-0.3, -0.25) is 4.57 Å². The predicted octanol–water partition coefficient (Wildman–Crippen LogP) is 4.50. The van der Waals surface area contributed by atoms with Crippen LogP contribution in [0.15, 0.2) is 79.6 Å². The number of nitrogens with zero attached hydrogens (tertiary/aromatic N) is 4. The van der Waals surface area contributed by atoms with Gasteiger partial charge in [-0.2, -0.15) is 0 Å². The van der Waals surface area contributed by atoms with Gasteiger partial charge >= 0.3 is 6.03 Å². The summed E-state index contributed by atoms with van der Waals surface area (Å²) in [6, 6.07) is 15.5. The summed E-state index contributed by atoms with van der Waals surface area (Å²) in [7, 11) is 0. The number of urea groups is 1. The number of ether oxygens (including phenoxy) is 2. The first-order valence-electron chi connectivity index (χ1n) is 9.59. The van der Waals surface area contributed by atoms with Crippen LogP contribution < -0.4 is 20.1 Å². The standard InChI is InChI=1S/C22H20N6O3/c1-2-30-18-7-3-16(4-8-18)26-22(29)27-17-5-9-19(10-6-17)31-21-13-20(24-14-25-21)28-12-11-23-15-28/h3-15H,2H2,1H3,(H2,26,27,29). The Morgan fingerprint density at radius 1 is 0.968 bits per heavy atom. The lowest BCUT2D eigenvalue weighted by atomic mass is 10.3. The molecule has 4 aromatic rings. The number of nitrogens with one attached hydrogen (secondary N) is 2. The zero-order valence-electron chi connectivity index (χ0n) is 16.7. The number of rotatable bonds is 7. The molecule has 0 radical (unpaired) electrons. The molecule has 0 bridgehead atoms. The summed E-state index contributed by atoms with van der Waals surface area (Å²) >= 11 is 0. The van der Waals surface area contributed by atoms with Gasteiger partial charge in [0.1, 0.15) is 30.0 Å². The fourth-order valence-electron chi connectivity index (χ4n) is 2.74. The number of amides is 2. The molecule has 9 heteroatoms. The number of aromatic nitrogens is 4. The SMILES string of the molecule is CCOc1ccc(NC(=O)Nc2ccc(Oc3cc(-n4ccnc4)ncn3)cc2)cc1. The first-order valence-corrected chi connectivity index (χ1v) is 9.59. The molecule has 0 aliphatic carbocycles. The molecule has 0 spiro atoms. The lowest BCUT2D eigenvalue weighted by molar-refractivity contribution is 0.262. The zero-order valence-corrected chi connectivity index (χ0v) is 16.7. The molecule has 0 aliphatic rings. The molecule has 4 rings (SSSR count). The van der Waals surface area contributed by atoms with E-state index in [-0.39, 0.29) is 6.03 Å². The number of carbonyl (C=O) groups is 1.